The Morgan fingerprint density at radius 1 is 1.21 bits per heavy atom. The third-order valence-corrected chi connectivity index (χ3v) is 5.25. The molecule has 2 aromatic heterocycles. The Labute approximate surface area is 193 Å². The SMILES string of the molecule is Nc1ncc(-c2ccccc2OC(F)(F)F)nc1C(=O)Nc1cnccc1N1CCCC(N)C1. The molecule has 9 nitrogen and oxygen atoms in total. The Bertz CT molecular complexity index is 1190. The second kappa shape index (κ2) is 9.51. The van der Waals surface area contributed by atoms with Gasteiger partial charge in [-0.1, -0.05) is 12.1 Å². The van der Waals surface area contributed by atoms with E-state index in [9.17, 15) is 18.0 Å². The highest BCUT2D eigenvalue weighted by molar-refractivity contribution is 6.07. The second-order valence-corrected chi connectivity index (χ2v) is 7.73. The quantitative estimate of drug-likeness (QED) is 0.515. The van der Waals surface area contributed by atoms with Gasteiger partial charge in [0.2, 0.25) is 0 Å². The third kappa shape index (κ3) is 5.34. The van der Waals surface area contributed by atoms with Gasteiger partial charge < -0.3 is 26.4 Å². The van der Waals surface area contributed by atoms with Crippen LogP contribution in [-0.4, -0.2) is 46.4 Å². The summed E-state index contributed by atoms with van der Waals surface area (Å²) in [4.78, 5) is 27.3. The molecule has 0 saturated carbocycles. The van der Waals surface area contributed by atoms with Gasteiger partial charge in [-0.3, -0.25) is 9.78 Å². The van der Waals surface area contributed by atoms with Crippen LogP contribution < -0.4 is 26.4 Å². The van der Waals surface area contributed by atoms with E-state index in [1.54, 1.807) is 12.3 Å². The van der Waals surface area contributed by atoms with Gasteiger partial charge in [0, 0.05) is 30.9 Å². The fourth-order valence-corrected chi connectivity index (χ4v) is 3.76. The lowest BCUT2D eigenvalue weighted by molar-refractivity contribution is -0.274. The standard InChI is InChI=1S/C22H22F3N7O2/c23-22(24,25)34-18-6-2-1-5-14(18)15-11-29-20(27)19(30-15)21(33)31-16-10-28-8-7-17(16)32-9-3-4-13(26)12-32/h1-2,5-8,10-11,13H,3-4,9,12,26H2,(H2,27,29)(H,31,33). The fourth-order valence-electron chi connectivity index (χ4n) is 3.76. The van der Waals surface area contributed by atoms with Gasteiger partial charge in [0.05, 0.1) is 29.5 Å². The first-order valence-corrected chi connectivity index (χ1v) is 10.4. The zero-order valence-electron chi connectivity index (χ0n) is 17.9. The van der Waals surface area contributed by atoms with Crippen molar-refractivity contribution >= 4 is 23.1 Å². The molecule has 1 saturated heterocycles. The number of ether oxygens (including phenoxy) is 1. The van der Waals surface area contributed by atoms with E-state index in [-0.39, 0.29) is 28.8 Å². The monoisotopic (exact) mass is 473 g/mol. The van der Waals surface area contributed by atoms with Crippen molar-refractivity contribution in [3.05, 3.63) is 54.6 Å². The van der Waals surface area contributed by atoms with Crippen molar-refractivity contribution < 1.29 is 22.7 Å². The number of carbonyl (C=O) groups excluding carboxylic acids is 1. The van der Waals surface area contributed by atoms with Gasteiger partial charge in [-0.2, -0.15) is 0 Å². The maximum atomic E-state index is 13.1. The first-order valence-electron chi connectivity index (χ1n) is 10.4. The minimum absolute atomic E-state index is 0.00532. The van der Waals surface area contributed by atoms with Crippen LogP contribution in [-0.2, 0) is 0 Å². The zero-order chi connectivity index (χ0) is 24.3. The average Bonchev–Trinajstić information content (AvgIpc) is 2.79. The number of nitrogens with two attached hydrogens (primary N) is 2. The number of benzene rings is 1. The average molecular weight is 473 g/mol. The molecule has 0 radical (unpaired) electrons. The summed E-state index contributed by atoms with van der Waals surface area (Å²) in [5.41, 5.74) is 12.9. The lowest BCUT2D eigenvalue weighted by atomic mass is 10.1. The van der Waals surface area contributed by atoms with Crippen molar-refractivity contribution in [1.82, 2.24) is 15.0 Å². The zero-order valence-corrected chi connectivity index (χ0v) is 17.9. The molecular formula is C22H22F3N7O2. The Morgan fingerprint density at radius 3 is 2.76 bits per heavy atom. The molecule has 1 fully saturated rings. The van der Waals surface area contributed by atoms with Crippen LogP contribution in [0, 0.1) is 0 Å². The van der Waals surface area contributed by atoms with Crippen LogP contribution in [0.4, 0.5) is 30.4 Å². The van der Waals surface area contributed by atoms with Crippen LogP contribution in [0.15, 0.2) is 48.9 Å². The maximum Gasteiger partial charge on any atom is 0.573 e. The summed E-state index contributed by atoms with van der Waals surface area (Å²) in [5.74, 6) is -1.34. The van der Waals surface area contributed by atoms with Gasteiger partial charge in [-0.15, -0.1) is 13.2 Å². The number of nitrogens with zero attached hydrogens (tertiary/aromatic N) is 4. The maximum absolute atomic E-state index is 13.1. The summed E-state index contributed by atoms with van der Waals surface area (Å²) in [6.45, 7) is 1.40. The van der Waals surface area contributed by atoms with Crippen molar-refractivity contribution in [3.8, 4) is 17.0 Å². The summed E-state index contributed by atoms with van der Waals surface area (Å²) < 4.78 is 42.5. The summed E-state index contributed by atoms with van der Waals surface area (Å²) in [6.07, 6.45) is 1.21. The van der Waals surface area contributed by atoms with Gasteiger partial charge in [-0.05, 0) is 31.0 Å². The highest BCUT2D eigenvalue weighted by Crippen LogP contribution is 2.33. The van der Waals surface area contributed by atoms with Crippen molar-refractivity contribution in [2.45, 2.75) is 25.2 Å². The number of halogens is 3. The molecule has 12 heteroatoms. The number of piperidine rings is 1. The number of aromatic nitrogens is 3. The first kappa shape index (κ1) is 23.2. The number of hydrogen-bond acceptors (Lipinski definition) is 8. The van der Waals surface area contributed by atoms with E-state index in [1.807, 2.05) is 0 Å². The second-order valence-electron chi connectivity index (χ2n) is 7.73. The summed E-state index contributed by atoms with van der Waals surface area (Å²) in [6, 6.07) is 7.21. The van der Waals surface area contributed by atoms with Gasteiger partial charge in [0.1, 0.15) is 5.75 Å². The van der Waals surface area contributed by atoms with E-state index in [0.717, 1.165) is 31.1 Å². The number of nitrogen functional groups attached to an aromatic ring is 1. The lowest BCUT2D eigenvalue weighted by Gasteiger charge is -2.33. The van der Waals surface area contributed by atoms with Gasteiger partial charge in [0.25, 0.3) is 5.91 Å². The molecule has 178 valence electrons. The van der Waals surface area contributed by atoms with Gasteiger partial charge in [0.15, 0.2) is 11.5 Å². The number of nitrogens with one attached hydrogen (secondary N) is 1. The fraction of sp³-hybridized carbons (Fsp3) is 0.273. The molecule has 1 unspecified atom stereocenters. The number of amides is 1. The highest BCUT2D eigenvalue weighted by Gasteiger charge is 2.32. The van der Waals surface area contributed by atoms with E-state index in [1.165, 1.54) is 30.6 Å². The summed E-state index contributed by atoms with van der Waals surface area (Å²) in [7, 11) is 0. The Balaban J connectivity index is 1.63. The number of pyridine rings is 1. The van der Waals surface area contributed by atoms with Crippen LogP contribution in [0.25, 0.3) is 11.3 Å². The molecule has 1 aliphatic heterocycles. The topological polar surface area (TPSA) is 132 Å². The number of alkyl halides is 3. The van der Waals surface area contributed by atoms with E-state index < -0.39 is 18.0 Å². The number of rotatable bonds is 5. The van der Waals surface area contributed by atoms with Crippen molar-refractivity contribution in [2.24, 2.45) is 5.73 Å². The molecule has 5 N–H and O–H groups in total. The Morgan fingerprint density at radius 2 is 2.00 bits per heavy atom. The van der Waals surface area contributed by atoms with Crippen LogP contribution in [0.2, 0.25) is 0 Å². The molecule has 0 spiro atoms. The van der Waals surface area contributed by atoms with E-state index in [2.05, 4.69) is 29.9 Å². The molecule has 1 aromatic carbocycles. The molecule has 4 rings (SSSR count). The Kier molecular flexibility index (Phi) is 6.50. The Hall–Kier alpha value is -3.93. The number of para-hydroxylation sites is 1. The first-order chi connectivity index (χ1) is 16.2. The predicted octanol–water partition coefficient (Wildman–Crippen LogP) is 3.20. The van der Waals surface area contributed by atoms with Crippen molar-refractivity contribution in [1.29, 1.82) is 0 Å². The molecule has 3 aromatic rings. The third-order valence-electron chi connectivity index (χ3n) is 5.25. The molecule has 34 heavy (non-hydrogen) atoms. The van der Waals surface area contributed by atoms with Crippen molar-refractivity contribution in [2.75, 3.05) is 29.0 Å². The molecular weight excluding hydrogens is 451 g/mol. The largest absolute Gasteiger partial charge is 0.573 e. The van der Waals surface area contributed by atoms with E-state index in [0.29, 0.717) is 12.2 Å². The molecule has 0 bridgehead atoms. The molecule has 3 heterocycles. The van der Waals surface area contributed by atoms with Crippen LogP contribution in [0.5, 0.6) is 5.75 Å². The number of anilines is 3. The van der Waals surface area contributed by atoms with Crippen LogP contribution >= 0.6 is 0 Å². The lowest BCUT2D eigenvalue weighted by Crippen LogP contribution is -2.43. The molecule has 1 atom stereocenters. The summed E-state index contributed by atoms with van der Waals surface area (Å²) in [5, 5.41) is 2.73. The van der Waals surface area contributed by atoms with E-state index in [4.69, 9.17) is 11.5 Å². The van der Waals surface area contributed by atoms with Gasteiger partial charge in [-0.25, -0.2) is 9.97 Å². The van der Waals surface area contributed by atoms with Crippen LogP contribution in [0.3, 0.4) is 0 Å². The highest BCUT2D eigenvalue weighted by atomic mass is 19.4. The van der Waals surface area contributed by atoms with Crippen molar-refractivity contribution in [3.63, 3.8) is 0 Å². The predicted molar refractivity (Wildman–Crippen MR) is 120 cm³/mol. The normalized spacial score (nSPS) is 16.2. The number of carbonyl (C=O) groups is 1. The smallest absolute Gasteiger partial charge is 0.405 e. The molecule has 1 amide bonds. The minimum Gasteiger partial charge on any atom is -0.405 e. The number of hydrogen-bond donors (Lipinski definition) is 3. The minimum atomic E-state index is -4.90. The molecule has 1 aliphatic rings. The summed E-state index contributed by atoms with van der Waals surface area (Å²) >= 11 is 0. The van der Waals surface area contributed by atoms with E-state index >= 15 is 0 Å². The van der Waals surface area contributed by atoms with Crippen LogP contribution in [0.1, 0.15) is 23.3 Å². The van der Waals surface area contributed by atoms with Gasteiger partial charge >= 0.3 is 6.36 Å². The molecule has 0 aliphatic carbocycles.